The van der Waals surface area contributed by atoms with Gasteiger partial charge < -0.3 is 10.1 Å². The van der Waals surface area contributed by atoms with Gasteiger partial charge in [0.15, 0.2) is 0 Å². The predicted octanol–water partition coefficient (Wildman–Crippen LogP) is 1.73. The molecule has 1 aliphatic rings. The number of nitrogens with one attached hydrogen (secondary N) is 1. The van der Waals surface area contributed by atoms with Crippen molar-refractivity contribution in [1.82, 2.24) is 15.1 Å². The lowest BCUT2D eigenvalue weighted by Crippen LogP contribution is -2.21. The first-order chi connectivity index (χ1) is 8.29. The molecule has 0 radical (unpaired) electrons. The van der Waals surface area contributed by atoms with Gasteiger partial charge in [-0.05, 0) is 38.7 Å². The van der Waals surface area contributed by atoms with Crippen molar-refractivity contribution in [3.05, 3.63) is 17.5 Å². The van der Waals surface area contributed by atoms with Crippen LogP contribution in [0, 0.1) is 12.8 Å². The second kappa shape index (κ2) is 6.17. The molecule has 1 fully saturated rings. The van der Waals surface area contributed by atoms with Crippen molar-refractivity contribution in [1.29, 1.82) is 0 Å². The summed E-state index contributed by atoms with van der Waals surface area (Å²) in [7, 11) is 0. The molecular weight excluding hydrogens is 214 g/mol. The highest BCUT2D eigenvalue weighted by Crippen LogP contribution is 2.28. The second-order valence-corrected chi connectivity index (χ2v) is 4.79. The van der Waals surface area contributed by atoms with Gasteiger partial charge in [-0.1, -0.05) is 0 Å². The van der Waals surface area contributed by atoms with Crippen molar-refractivity contribution >= 4 is 0 Å². The minimum Gasteiger partial charge on any atom is -0.380 e. The van der Waals surface area contributed by atoms with Gasteiger partial charge >= 0.3 is 0 Å². The molecule has 1 N–H and O–H groups in total. The van der Waals surface area contributed by atoms with Crippen molar-refractivity contribution in [3.63, 3.8) is 0 Å². The maximum Gasteiger partial charge on any atom is 0.0597 e. The van der Waals surface area contributed by atoms with Crippen LogP contribution in [0.4, 0.5) is 0 Å². The monoisotopic (exact) mass is 237 g/mol. The summed E-state index contributed by atoms with van der Waals surface area (Å²) in [4.78, 5) is 0. The zero-order valence-corrected chi connectivity index (χ0v) is 10.9. The topological polar surface area (TPSA) is 39.1 Å². The van der Waals surface area contributed by atoms with Gasteiger partial charge in [0.05, 0.1) is 18.0 Å². The van der Waals surface area contributed by atoms with Crippen LogP contribution >= 0.6 is 0 Å². The largest absolute Gasteiger partial charge is 0.380 e. The third kappa shape index (κ3) is 4.13. The highest BCUT2D eigenvalue weighted by Gasteiger charge is 2.20. The average Bonchev–Trinajstić information content (AvgIpc) is 3.07. The first-order valence-corrected chi connectivity index (χ1v) is 6.61. The Morgan fingerprint density at radius 3 is 3.06 bits per heavy atom. The molecule has 17 heavy (non-hydrogen) atoms. The number of hydrogen-bond donors (Lipinski definition) is 1. The van der Waals surface area contributed by atoms with Crippen LogP contribution in [0.3, 0.4) is 0 Å². The van der Waals surface area contributed by atoms with Crippen LogP contribution in [-0.4, -0.2) is 29.5 Å². The lowest BCUT2D eigenvalue weighted by molar-refractivity contribution is 0.126. The Balaban J connectivity index is 1.59. The van der Waals surface area contributed by atoms with Crippen LogP contribution in [0.15, 0.2) is 6.07 Å². The summed E-state index contributed by atoms with van der Waals surface area (Å²) in [6.45, 7) is 8.65. The summed E-state index contributed by atoms with van der Waals surface area (Å²) in [6.07, 6.45) is 2.73. The van der Waals surface area contributed by atoms with Crippen molar-refractivity contribution in [2.45, 2.75) is 39.8 Å². The lowest BCUT2D eigenvalue weighted by Gasteiger charge is -2.07. The van der Waals surface area contributed by atoms with E-state index >= 15 is 0 Å². The molecule has 0 saturated heterocycles. The number of ether oxygens (including phenoxy) is 1. The Morgan fingerprint density at radius 1 is 1.53 bits per heavy atom. The van der Waals surface area contributed by atoms with Crippen LogP contribution < -0.4 is 5.32 Å². The molecule has 1 aromatic rings. The minimum absolute atomic E-state index is 0.815. The van der Waals surface area contributed by atoms with E-state index in [1.807, 2.05) is 11.6 Å². The van der Waals surface area contributed by atoms with E-state index in [9.17, 15) is 0 Å². The fourth-order valence-corrected chi connectivity index (χ4v) is 1.91. The Hall–Kier alpha value is -0.870. The normalized spacial score (nSPS) is 15.4. The van der Waals surface area contributed by atoms with E-state index in [2.05, 4.69) is 23.4 Å². The first-order valence-electron chi connectivity index (χ1n) is 6.61. The van der Waals surface area contributed by atoms with Crippen LogP contribution in [0.5, 0.6) is 0 Å². The van der Waals surface area contributed by atoms with Crippen molar-refractivity contribution in [3.8, 4) is 0 Å². The van der Waals surface area contributed by atoms with Gasteiger partial charge in [0.25, 0.3) is 0 Å². The maximum absolute atomic E-state index is 5.57. The molecule has 0 unspecified atom stereocenters. The summed E-state index contributed by atoms with van der Waals surface area (Å²) < 4.78 is 7.62. The summed E-state index contributed by atoms with van der Waals surface area (Å²) in [5, 5.41) is 7.82. The number of aromatic nitrogens is 2. The Morgan fingerprint density at radius 2 is 2.35 bits per heavy atom. The maximum atomic E-state index is 5.57. The third-order valence-corrected chi connectivity index (χ3v) is 3.06. The van der Waals surface area contributed by atoms with Gasteiger partial charge in [0.2, 0.25) is 0 Å². The molecule has 1 saturated carbocycles. The van der Waals surface area contributed by atoms with Gasteiger partial charge in [-0.2, -0.15) is 5.10 Å². The molecule has 0 amide bonds. The van der Waals surface area contributed by atoms with E-state index in [1.165, 1.54) is 18.5 Å². The molecule has 0 spiro atoms. The fraction of sp³-hybridized carbons (Fsp3) is 0.769. The van der Waals surface area contributed by atoms with Crippen LogP contribution in [0.1, 0.15) is 31.2 Å². The van der Waals surface area contributed by atoms with Crippen molar-refractivity contribution in [2.24, 2.45) is 5.92 Å². The molecular formula is C13H23N3O. The summed E-state index contributed by atoms with van der Waals surface area (Å²) in [5.74, 6) is 0.860. The highest BCUT2D eigenvalue weighted by atomic mass is 16.5. The molecule has 4 nitrogen and oxygen atoms in total. The summed E-state index contributed by atoms with van der Waals surface area (Å²) in [6, 6.07) is 2.14. The van der Waals surface area contributed by atoms with E-state index < -0.39 is 0 Å². The molecule has 1 heterocycles. The molecule has 4 heteroatoms. The van der Waals surface area contributed by atoms with Crippen molar-refractivity contribution in [2.75, 3.05) is 19.8 Å². The second-order valence-electron chi connectivity index (χ2n) is 4.79. The van der Waals surface area contributed by atoms with Crippen LogP contribution in [-0.2, 0) is 17.8 Å². The zero-order valence-electron chi connectivity index (χ0n) is 10.9. The van der Waals surface area contributed by atoms with Gasteiger partial charge in [0.1, 0.15) is 0 Å². The molecule has 0 atom stereocenters. The summed E-state index contributed by atoms with van der Waals surface area (Å²) >= 11 is 0. The van der Waals surface area contributed by atoms with Crippen LogP contribution in [0.2, 0.25) is 0 Å². The molecule has 0 aromatic carbocycles. The average molecular weight is 237 g/mol. The Bertz CT molecular complexity index is 344. The van der Waals surface area contributed by atoms with Crippen LogP contribution in [0.25, 0.3) is 0 Å². The quantitative estimate of drug-likeness (QED) is 0.700. The lowest BCUT2D eigenvalue weighted by atomic mass is 10.3. The van der Waals surface area contributed by atoms with Gasteiger partial charge in [-0.15, -0.1) is 0 Å². The molecule has 96 valence electrons. The smallest absolute Gasteiger partial charge is 0.0597 e. The zero-order chi connectivity index (χ0) is 12.1. The van der Waals surface area contributed by atoms with E-state index in [0.717, 1.165) is 44.5 Å². The Labute approximate surface area is 103 Å². The molecule has 2 rings (SSSR count). The van der Waals surface area contributed by atoms with Gasteiger partial charge in [0, 0.05) is 26.2 Å². The van der Waals surface area contributed by atoms with E-state index in [-0.39, 0.29) is 0 Å². The van der Waals surface area contributed by atoms with Gasteiger partial charge in [-0.25, -0.2) is 0 Å². The Kier molecular flexibility index (Phi) is 4.57. The van der Waals surface area contributed by atoms with E-state index in [4.69, 9.17) is 4.74 Å². The number of nitrogens with zero attached hydrogens (tertiary/aromatic N) is 2. The minimum atomic E-state index is 0.815. The van der Waals surface area contributed by atoms with Crippen molar-refractivity contribution < 1.29 is 4.74 Å². The van der Waals surface area contributed by atoms with E-state index in [0.29, 0.717) is 0 Å². The molecule has 1 aromatic heterocycles. The standard InChI is InChI=1S/C13H23N3O/c1-3-16-13(8-11(2)15-16)9-14-6-7-17-10-12-4-5-12/h8,12,14H,3-7,9-10H2,1-2H3. The van der Waals surface area contributed by atoms with E-state index in [1.54, 1.807) is 0 Å². The fourth-order valence-electron chi connectivity index (χ4n) is 1.91. The van der Waals surface area contributed by atoms with Gasteiger partial charge in [-0.3, -0.25) is 4.68 Å². The third-order valence-electron chi connectivity index (χ3n) is 3.06. The summed E-state index contributed by atoms with van der Waals surface area (Å²) in [5.41, 5.74) is 2.35. The molecule has 0 aliphatic heterocycles. The molecule has 1 aliphatic carbocycles. The SMILES string of the molecule is CCn1nc(C)cc1CNCCOCC1CC1. The number of hydrogen-bond acceptors (Lipinski definition) is 3. The first kappa shape index (κ1) is 12.6. The number of aryl methyl sites for hydroxylation is 2. The number of rotatable bonds is 8. The molecule has 0 bridgehead atoms. The highest BCUT2D eigenvalue weighted by molar-refractivity contribution is 5.08. The predicted molar refractivity (Wildman–Crippen MR) is 67.9 cm³/mol.